The molecule has 16 heavy (non-hydrogen) atoms. The Balaban J connectivity index is 2.15. The van der Waals surface area contributed by atoms with Crippen LogP contribution in [0, 0.1) is 0 Å². The number of benzene rings is 1. The molecule has 2 nitrogen and oxygen atoms in total. The molecule has 1 aliphatic rings. The van der Waals surface area contributed by atoms with Gasteiger partial charge in [-0.05, 0) is 24.5 Å². The lowest BCUT2D eigenvalue weighted by molar-refractivity contribution is -0.0622. The largest absolute Gasteiger partial charge is 0.345 e. The highest BCUT2D eigenvalue weighted by molar-refractivity contribution is 5.23. The van der Waals surface area contributed by atoms with Crippen molar-refractivity contribution in [3.8, 4) is 0 Å². The van der Waals surface area contributed by atoms with Crippen molar-refractivity contribution in [3.63, 3.8) is 0 Å². The van der Waals surface area contributed by atoms with Crippen LogP contribution >= 0.6 is 0 Å². The minimum absolute atomic E-state index is 0.254. The van der Waals surface area contributed by atoms with Gasteiger partial charge in [0, 0.05) is 0 Å². The summed E-state index contributed by atoms with van der Waals surface area (Å²) >= 11 is 0. The van der Waals surface area contributed by atoms with Gasteiger partial charge in [-0.2, -0.15) is 0 Å². The molecule has 2 atom stereocenters. The van der Waals surface area contributed by atoms with Gasteiger partial charge in [-0.15, -0.1) is 0 Å². The summed E-state index contributed by atoms with van der Waals surface area (Å²) in [4.78, 5) is 0. The summed E-state index contributed by atoms with van der Waals surface area (Å²) in [6.07, 6.45) is 0.630. The van der Waals surface area contributed by atoms with Gasteiger partial charge in [0.2, 0.25) is 0 Å². The van der Waals surface area contributed by atoms with E-state index in [0.717, 1.165) is 17.6 Å². The SMILES string of the molecule is C=C(CC)C1OCC(C)(c2ccccc2)O1. The monoisotopic (exact) mass is 218 g/mol. The summed E-state index contributed by atoms with van der Waals surface area (Å²) in [5.74, 6) is 0. The Morgan fingerprint density at radius 3 is 2.75 bits per heavy atom. The molecule has 2 heteroatoms. The Morgan fingerprint density at radius 2 is 2.12 bits per heavy atom. The molecular weight excluding hydrogens is 200 g/mol. The van der Waals surface area contributed by atoms with E-state index >= 15 is 0 Å². The second-order valence-corrected chi connectivity index (χ2v) is 4.37. The number of rotatable bonds is 3. The Labute approximate surface area is 96.9 Å². The smallest absolute Gasteiger partial charge is 0.180 e. The van der Waals surface area contributed by atoms with Crippen molar-refractivity contribution in [2.45, 2.75) is 32.2 Å². The summed E-state index contributed by atoms with van der Waals surface area (Å²) in [5, 5.41) is 0. The maximum atomic E-state index is 5.97. The van der Waals surface area contributed by atoms with Crippen molar-refractivity contribution in [1.29, 1.82) is 0 Å². The van der Waals surface area contributed by atoms with Crippen molar-refractivity contribution < 1.29 is 9.47 Å². The second kappa shape index (κ2) is 4.40. The molecule has 1 aromatic rings. The third-order valence-electron chi connectivity index (χ3n) is 3.05. The molecule has 0 aromatic heterocycles. The average Bonchev–Trinajstić information content (AvgIpc) is 2.73. The molecule has 1 aliphatic heterocycles. The molecule has 0 bridgehead atoms. The van der Waals surface area contributed by atoms with Gasteiger partial charge in [-0.3, -0.25) is 0 Å². The number of ether oxygens (including phenoxy) is 2. The van der Waals surface area contributed by atoms with Crippen molar-refractivity contribution in [1.82, 2.24) is 0 Å². The zero-order valence-electron chi connectivity index (χ0n) is 9.90. The van der Waals surface area contributed by atoms with Crippen molar-refractivity contribution in [3.05, 3.63) is 48.0 Å². The predicted molar refractivity (Wildman–Crippen MR) is 64.1 cm³/mol. The van der Waals surface area contributed by atoms with Gasteiger partial charge < -0.3 is 9.47 Å². The van der Waals surface area contributed by atoms with Crippen LogP contribution in [0.5, 0.6) is 0 Å². The first-order valence-electron chi connectivity index (χ1n) is 5.68. The molecule has 1 aromatic carbocycles. The molecule has 0 saturated carbocycles. The van der Waals surface area contributed by atoms with E-state index in [0.29, 0.717) is 6.61 Å². The lowest BCUT2D eigenvalue weighted by Crippen LogP contribution is -2.25. The first-order valence-corrected chi connectivity index (χ1v) is 5.68. The van der Waals surface area contributed by atoms with E-state index in [1.54, 1.807) is 0 Å². The third kappa shape index (κ3) is 2.04. The van der Waals surface area contributed by atoms with Crippen molar-refractivity contribution >= 4 is 0 Å². The first kappa shape index (κ1) is 11.4. The van der Waals surface area contributed by atoms with Gasteiger partial charge in [0.15, 0.2) is 6.29 Å². The molecule has 0 radical (unpaired) electrons. The van der Waals surface area contributed by atoms with Gasteiger partial charge >= 0.3 is 0 Å². The van der Waals surface area contributed by atoms with E-state index in [1.807, 2.05) is 18.2 Å². The van der Waals surface area contributed by atoms with Gasteiger partial charge in [0.05, 0.1) is 6.61 Å². The van der Waals surface area contributed by atoms with E-state index in [-0.39, 0.29) is 11.9 Å². The van der Waals surface area contributed by atoms with E-state index in [9.17, 15) is 0 Å². The van der Waals surface area contributed by atoms with Crippen LogP contribution < -0.4 is 0 Å². The van der Waals surface area contributed by atoms with Gasteiger partial charge in [-0.1, -0.05) is 43.8 Å². The molecular formula is C14H18O2. The fourth-order valence-electron chi connectivity index (χ4n) is 1.85. The van der Waals surface area contributed by atoms with Crippen LogP contribution in [0.2, 0.25) is 0 Å². The van der Waals surface area contributed by atoms with Crippen LogP contribution in [0.1, 0.15) is 25.8 Å². The summed E-state index contributed by atoms with van der Waals surface area (Å²) < 4.78 is 11.6. The van der Waals surface area contributed by atoms with Crippen LogP contribution in [0.4, 0.5) is 0 Å². The molecule has 0 aliphatic carbocycles. The van der Waals surface area contributed by atoms with Crippen LogP contribution in [0.15, 0.2) is 42.5 Å². The fraction of sp³-hybridized carbons (Fsp3) is 0.429. The fourth-order valence-corrected chi connectivity index (χ4v) is 1.85. The van der Waals surface area contributed by atoms with Crippen molar-refractivity contribution in [2.24, 2.45) is 0 Å². The first-order chi connectivity index (χ1) is 7.65. The molecule has 0 amide bonds. The van der Waals surface area contributed by atoms with Crippen LogP contribution in [-0.2, 0) is 15.1 Å². The van der Waals surface area contributed by atoms with E-state index in [1.165, 1.54) is 0 Å². The average molecular weight is 218 g/mol. The number of hydrogen-bond donors (Lipinski definition) is 0. The Morgan fingerprint density at radius 1 is 1.44 bits per heavy atom. The van der Waals surface area contributed by atoms with Gasteiger partial charge in [0.25, 0.3) is 0 Å². The Bertz CT molecular complexity index is 372. The third-order valence-corrected chi connectivity index (χ3v) is 3.05. The Hall–Kier alpha value is -1.12. The molecule has 86 valence electrons. The zero-order valence-corrected chi connectivity index (χ0v) is 9.90. The number of hydrogen-bond acceptors (Lipinski definition) is 2. The summed E-state index contributed by atoms with van der Waals surface area (Å²) in [6, 6.07) is 10.2. The van der Waals surface area contributed by atoms with E-state index in [4.69, 9.17) is 9.47 Å². The minimum Gasteiger partial charge on any atom is -0.345 e. The van der Waals surface area contributed by atoms with Gasteiger partial charge in [-0.25, -0.2) is 0 Å². The van der Waals surface area contributed by atoms with Crippen molar-refractivity contribution in [2.75, 3.05) is 6.61 Å². The molecule has 1 saturated heterocycles. The predicted octanol–water partition coefficient (Wildman–Crippen LogP) is 3.24. The Kier molecular flexibility index (Phi) is 3.13. The maximum absolute atomic E-state index is 5.97. The standard InChI is InChI=1S/C14H18O2/c1-4-11(2)13-15-10-14(3,16-13)12-8-6-5-7-9-12/h5-9,13H,2,4,10H2,1,3H3. The lowest BCUT2D eigenvalue weighted by atomic mass is 9.97. The van der Waals surface area contributed by atoms with E-state index in [2.05, 4.69) is 32.6 Å². The quantitative estimate of drug-likeness (QED) is 0.725. The maximum Gasteiger partial charge on any atom is 0.180 e. The molecule has 2 rings (SSSR count). The van der Waals surface area contributed by atoms with Crippen LogP contribution in [-0.4, -0.2) is 12.9 Å². The molecule has 2 unspecified atom stereocenters. The molecule has 0 N–H and O–H groups in total. The summed E-state index contributed by atoms with van der Waals surface area (Å²) in [6.45, 7) is 8.67. The highest BCUT2D eigenvalue weighted by Crippen LogP contribution is 2.35. The topological polar surface area (TPSA) is 18.5 Å². The summed E-state index contributed by atoms with van der Waals surface area (Å²) in [7, 11) is 0. The second-order valence-electron chi connectivity index (χ2n) is 4.37. The zero-order chi connectivity index (χ0) is 11.6. The van der Waals surface area contributed by atoms with Gasteiger partial charge in [0.1, 0.15) is 5.60 Å². The minimum atomic E-state index is -0.343. The molecule has 1 heterocycles. The molecule has 0 spiro atoms. The molecule has 1 fully saturated rings. The lowest BCUT2D eigenvalue weighted by Gasteiger charge is -2.23. The van der Waals surface area contributed by atoms with Crippen LogP contribution in [0.3, 0.4) is 0 Å². The summed E-state index contributed by atoms with van der Waals surface area (Å²) in [5.41, 5.74) is 1.81. The highest BCUT2D eigenvalue weighted by Gasteiger charge is 2.39. The normalized spacial score (nSPS) is 29.2. The van der Waals surface area contributed by atoms with E-state index < -0.39 is 0 Å². The highest BCUT2D eigenvalue weighted by atomic mass is 16.7. The van der Waals surface area contributed by atoms with Crippen LogP contribution in [0.25, 0.3) is 0 Å².